The van der Waals surface area contributed by atoms with Crippen molar-refractivity contribution >= 4 is 5.97 Å². The number of aromatic nitrogens is 2. The molecule has 0 saturated carbocycles. The van der Waals surface area contributed by atoms with Crippen molar-refractivity contribution in [1.29, 1.82) is 5.26 Å². The van der Waals surface area contributed by atoms with Gasteiger partial charge in [-0.3, -0.25) is 4.79 Å². The summed E-state index contributed by atoms with van der Waals surface area (Å²) in [6.07, 6.45) is 6.07. The van der Waals surface area contributed by atoms with Crippen molar-refractivity contribution in [3.8, 4) is 17.8 Å². The summed E-state index contributed by atoms with van der Waals surface area (Å²) in [6.45, 7) is 10.5. The van der Waals surface area contributed by atoms with E-state index in [2.05, 4.69) is 23.8 Å². The molecule has 0 aliphatic heterocycles. The van der Waals surface area contributed by atoms with Gasteiger partial charge < -0.3 is 14.2 Å². The van der Waals surface area contributed by atoms with Crippen LogP contribution < -0.4 is 9.47 Å². The lowest BCUT2D eigenvalue weighted by atomic mass is 10.1. The number of rotatable bonds is 12. The number of hydrogen-bond acceptors (Lipinski definition) is 7. The number of carbonyl (C=O) groups is 1. The molecule has 0 aliphatic rings. The second-order valence-electron chi connectivity index (χ2n) is 7.61. The summed E-state index contributed by atoms with van der Waals surface area (Å²) in [5, 5.41) is 9.51. The van der Waals surface area contributed by atoms with Gasteiger partial charge in [-0.25, -0.2) is 0 Å². The molecular formula is C21H33N3O4. The largest absolute Gasteiger partial charge is 0.477 e. The van der Waals surface area contributed by atoms with E-state index in [1.807, 2.05) is 6.07 Å². The number of nitrogens with zero attached hydrogens (tertiary/aromatic N) is 3. The summed E-state index contributed by atoms with van der Waals surface area (Å²) in [5.74, 6) is -1.28. The van der Waals surface area contributed by atoms with Crippen LogP contribution in [0.5, 0.6) is 11.8 Å². The van der Waals surface area contributed by atoms with Gasteiger partial charge in [-0.05, 0) is 33.6 Å². The Morgan fingerprint density at radius 3 is 1.93 bits per heavy atom. The summed E-state index contributed by atoms with van der Waals surface area (Å²) in [6, 6.07) is 3.54. The molecule has 7 heteroatoms. The van der Waals surface area contributed by atoms with Crippen LogP contribution in [0, 0.1) is 11.3 Å². The van der Waals surface area contributed by atoms with Crippen LogP contribution in [0.1, 0.15) is 84.9 Å². The highest BCUT2D eigenvalue weighted by Gasteiger charge is 2.30. The van der Waals surface area contributed by atoms with Crippen LogP contribution in [0.3, 0.4) is 0 Å². The Hall–Kier alpha value is -2.36. The molecule has 0 amide bonds. The maximum Gasteiger partial charge on any atom is 0.331 e. The van der Waals surface area contributed by atoms with Gasteiger partial charge in [0.05, 0.1) is 25.3 Å². The molecule has 1 unspecified atom stereocenters. The molecule has 0 radical (unpaired) electrons. The van der Waals surface area contributed by atoms with Crippen molar-refractivity contribution in [1.82, 2.24) is 9.97 Å². The van der Waals surface area contributed by atoms with E-state index in [0.29, 0.717) is 25.0 Å². The van der Waals surface area contributed by atoms with E-state index in [0.717, 1.165) is 38.5 Å². The van der Waals surface area contributed by atoms with Crippen molar-refractivity contribution in [2.75, 3.05) is 13.2 Å². The number of esters is 1. The van der Waals surface area contributed by atoms with E-state index in [-0.39, 0.29) is 5.82 Å². The lowest BCUT2D eigenvalue weighted by molar-refractivity contribution is -0.155. The van der Waals surface area contributed by atoms with Gasteiger partial charge in [0.2, 0.25) is 17.7 Å². The van der Waals surface area contributed by atoms with Crippen molar-refractivity contribution in [2.24, 2.45) is 0 Å². The summed E-state index contributed by atoms with van der Waals surface area (Å²) in [4.78, 5) is 20.9. The van der Waals surface area contributed by atoms with E-state index in [1.165, 1.54) is 0 Å². The van der Waals surface area contributed by atoms with Crippen molar-refractivity contribution in [2.45, 2.75) is 84.7 Å². The van der Waals surface area contributed by atoms with Gasteiger partial charge in [-0.15, -0.1) is 0 Å². The molecule has 0 saturated heterocycles. The highest BCUT2D eigenvalue weighted by Crippen LogP contribution is 2.23. The molecule has 7 nitrogen and oxygen atoms in total. The van der Waals surface area contributed by atoms with Crippen LogP contribution >= 0.6 is 0 Å². The molecule has 1 aromatic heterocycles. The van der Waals surface area contributed by atoms with Crippen LogP contribution in [0.4, 0.5) is 0 Å². The molecular weight excluding hydrogens is 358 g/mol. The highest BCUT2D eigenvalue weighted by molar-refractivity contribution is 5.80. The van der Waals surface area contributed by atoms with Crippen molar-refractivity contribution in [3.63, 3.8) is 0 Å². The van der Waals surface area contributed by atoms with Gasteiger partial charge in [-0.2, -0.15) is 15.2 Å². The van der Waals surface area contributed by atoms with Crippen molar-refractivity contribution in [3.05, 3.63) is 11.9 Å². The topological polar surface area (TPSA) is 94.3 Å². The summed E-state index contributed by atoms with van der Waals surface area (Å²) in [7, 11) is 0. The SMILES string of the molecule is CCCCCOc1cc(OCCCCC)nc(C(C#N)C(=O)OC(C)(C)C)n1. The molecule has 1 heterocycles. The number of hydrogen-bond donors (Lipinski definition) is 0. The van der Waals surface area contributed by atoms with Gasteiger partial charge >= 0.3 is 5.97 Å². The number of nitriles is 1. The molecule has 0 aromatic carbocycles. The first-order valence-electron chi connectivity index (χ1n) is 10.1. The Bertz CT molecular complexity index is 620. The predicted molar refractivity (Wildman–Crippen MR) is 106 cm³/mol. The summed E-state index contributed by atoms with van der Waals surface area (Å²) in [5.41, 5.74) is -0.708. The molecule has 0 bridgehead atoms. The van der Waals surface area contributed by atoms with Crippen LogP contribution in [0.2, 0.25) is 0 Å². The third-order valence-electron chi connectivity index (χ3n) is 3.72. The third-order valence-corrected chi connectivity index (χ3v) is 3.72. The Labute approximate surface area is 168 Å². The second kappa shape index (κ2) is 12.2. The normalized spacial score (nSPS) is 12.1. The molecule has 0 spiro atoms. The maximum atomic E-state index is 12.4. The van der Waals surface area contributed by atoms with Gasteiger partial charge in [0, 0.05) is 0 Å². The summed E-state index contributed by atoms with van der Waals surface area (Å²) >= 11 is 0. The molecule has 1 rings (SSSR count). The maximum absolute atomic E-state index is 12.4. The van der Waals surface area contributed by atoms with E-state index in [4.69, 9.17) is 14.2 Å². The van der Waals surface area contributed by atoms with E-state index in [1.54, 1.807) is 26.8 Å². The molecule has 1 aromatic rings. The smallest absolute Gasteiger partial charge is 0.331 e. The minimum absolute atomic E-state index is 0.0373. The Balaban J connectivity index is 3.01. The van der Waals surface area contributed by atoms with E-state index in [9.17, 15) is 10.1 Å². The zero-order valence-electron chi connectivity index (χ0n) is 17.8. The lowest BCUT2D eigenvalue weighted by Crippen LogP contribution is -2.28. The van der Waals surface area contributed by atoms with E-state index >= 15 is 0 Å². The van der Waals surface area contributed by atoms with Crippen LogP contribution in [0.15, 0.2) is 6.07 Å². The first-order valence-corrected chi connectivity index (χ1v) is 10.1. The molecule has 0 aliphatic carbocycles. The third kappa shape index (κ3) is 9.03. The minimum Gasteiger partial charge on any atom is -0.477 e. The van der Waals surface area contributed by atoms with Gasteiger partial charge in [-0.1, -0.05) is 39.5 Å². The Morgan fingerprint density at radius 1 is 1.04 bits per heavy atom. The summed E-state index contributed by atoms with van der Waals surface area (Å²) < 4.78 is 16.7. The average Bonchev–Trinajstić information content (AvgIpc) is 2.61. The number of carbonyl (C=O) groups excluding carboxylic acids is 1. The lowest BCUT2D eigenvalue weighted by Gasteiger charge is -2.21. The fourth-order valence-corrected chi connectivity index (χ4v) is 2.33. The Morgan fingerprint density at radius 2 is 1.54 bits per heavy atom. The molecule has 1 atom stereocenters. The van der Waals surface area contributed by atoms with Crippen LogP contribution in [-0.4, -0.2) is 34.8 Å². The quantitative estimate of drug-likeness (QED) is 0.380. The fourth-order valence-electron chi connectivity index (χ4n) is 2.33. The number of ether oxygens (including phenoxy) is 3. The average molecular weight is 392 g/mol. The second-order valence-corrected chi connectivity index (χ2v) is 7.61. The monoisotopic (exact) mass is 391 g/mol. The molecule has 0 N–H and O–H groups in total. The van der Waals surface area contributed by atoms with Crippen LogP contribution in [0.25, 0.3) is 0 Å². The standard InChI is InChI=1S/C21H33N3O4/c1-6-8-10-12-26-17-14-18(27-13-11-9-7-2)24-19(23-17)16(15-22)20(25)28-21(3,4)5/h14,16H,6-13H2,1-5H3. The molecule has 156 valence electrons. The number of unbranched alkanes of at least 4 members (excludes halogenated alkanes) is 4. The first-order chi connectivity index (χ1) is 13.3. The fraction of sp³-hybridized carbons (Fsp3) is 0.714. The Kier molecular flexibility index (Phi) is 10.3. The molecule has 28 heavy (non-hydrogen) atoms. The van der Waals surface area contributed by atoms with Crippen LogP contribution in [-0.2, 0) is 9.53 Å². The zero-order chi connectivity index (χ0) is 21.0. The highest BCUT2D eigenvalue weighted by atomic mass is 16.6. The van der Waals surface area contributed by atoms with Gasteiger partial charge in [0.25, 0.3) is 0 Å². The zero-order valence-corrected chi connectivity index (χ0v) is 17.8. The molecule has 0 fully saturated rings. The predicted octanol–water partition coefficient (Wildman–Crippen LogP) is 4.56. The van der Waals surface area contributed by atoms with Gasteiger partial charge in [0.15, 0.2) is 5.82 Å². The van der Waals surface area contributed by atoms with E-state index < -0.39 is 17.5 Å². The first kappa shape index (κ1) is 23.7. The van der Waals surface area contributed by atoms with Crippen molar-refractivity contribution < 1.29 is 19.0 Å². The minimum atomic E-state index is -1.24. The van der Waals surface area contributed by atoms with Gasteiger partial charge in [0.1, 0.15) is 5.60 Å².